The third-order valence-corrected chi connectivity index (χ3v) is 5.38. The second kappa shape index (κ2) is 10.9. The van der Waals surface area contributed by atoms with Crippen LogP contribution in [0.1, 0.15) is 51.7 Å². The molecule has 1 rings (SSSR count). The molecule has 1 amide bonds. The summed E-state index contributed by atoms with van der Waals surface area (Å²) in [7, 11) is 0. The average Bonchev–Trinajstić information content (AvgIpc) is 2.51. The predicted octanol–water partition coefficient (Wildman–Crippen LogP) is 4.94. The van der Waals surface area contributed by atoms with Gasteiger partial charge in [-0.05, 0) is 64.3 Å². The van der Waals surface area contributed by atoms with Crippen LogP contribution >= 0.6 is 11.6 Å². The number of likely N-dealkylation sites (N-methyl/N-ethyl adjacent to an activating group) is 1. The molecule has 0 spiro atoms. The van der Waals surface area contributed by atoms with Crippen LogP contribution in [0.25, 0.3) is 0 Å². The summed E-state index contributed by atoms with van der Waals surface area (Å²) in [5.74, 6) is 0.130. The molecule has 0 bridgehead atoms. The Bertz CT molecular complexity index is 513. The molecule has 0 saturated carbocycles. The summed E-state index contributed by atoms with van der Waals surface area (Å²) in [6, 6.07) is 3.80. The van der Waals surface area contributed by atoms with E-state index in [1.54, 1.807) is 0 Å². The molecule has 24 heavy (non-hydrogen) atoms. The van der Waals surface area contributed by atoms with Crippen molar-refractivity contribution in [2.24, 2.45) is 0 Å². The van der Waals surface area contributed by atoms with Gasteiger partial charge in [0.1, 0.15) is 0 Å². The molecular formula is C19H32ClN2OY+. The third kappa shape index (κ3) is 5.52. The minimum Gasteiger partial charge on any atom is -0.320 e. The van der Waals surface area contributed by atoms with Gasteiger partial charge in [0.05, 0.1) is 19.6 Å². The van der Waals surface area contributed by atoms with E-state index in [1.165, 1.54) is 0 Å². The molecule has 0 heterocycles. The Labute approximate surface area is 178 Å². The number of aryl methyl sites for hydroxylation is 2. The zero-order valence-electron chi connectivity index (χ0n) is 16.1. The number of halogens is 1. The fourth-order valence-corrected chi connectivity index (χ4v) is 3.90. The van der Waals surface area contributed by atoms with Crippen molar-refractivity contribution in [1.82, 2.24) is 0 Å². The Hall–Kier alpha value is 0.0439. The van der Waals surface area contributed by atoms with E-state index in [9.17, 15) is 4.79 Å². The fourth-order valence-electron chi connectivity index (χ4n) is 3.57. The number of anilines is 1. The molecular weight excluding hydrogens is 397 g/mol. The zero-order chi connectivity index (χ0) is 17.6. The SMILES string of the molecule is CCCC(C(=O)Nc1c(C)cc(Cl)cc1C)[N+](CC)(CC)CC.[Y]. The fraction of sp³-hybridized carbons (Fsp3) is 0.632. The van der Waals surface area contributed by atoms with Gasteiger partial charge in [0.2, 0.25) is 0 Å². The largest absolute Gasteiger partial charge is 0.320 e. The number of quaternary nitrogens is 1. The van der Waals surface area contributed by atoms with E-state index in [0.29, 0.717) is 5.02 Å². The van der Waals surface area contributed by atoms with Crippen molar-refractivity contribution >= 4 is 23.2 Å². The number of nitrogens with zero attached hydrogens (tertiary/aromatic N) is 1. The first-order chi connectivity index (χ1) is 10.8. The van der Waals surface area contributed by atoms with Gasteiger partial charge in [0.15, 0.2) is 6.04 Å². The van der Waals surface area contributed by atoms with E-state index in [-0.39, 0.29) is 44.7 Å². The van der Waals surface area contributed by atoms with E-state index >= 15 is 0 Å². The van der Waals surface area contributed by atoms with E-state index in [4.69, 9.17) is 11.6 Å². The Kier molecular flexibility index (Phi) is 10.9. The molecule has 133 valence electrons. The summed E-state index contributed by atoms with van der Waals surface area (Å²) in [4.78, 5) is 13.1. The standard InChI is InChI=1S/C19H31ClN2O.Y/c1-7-11-17(22(8-2,9-3)10-4)19(23)21-18-14(5)12-16(20)13-15(18)6;/h12-13,17H,7-11H2,1-6H3;/p+1. The summed E-state index contributed by atoms with van der Waals surface area (Å²) < 4.78 is 0.839. The molecule has 0 saturated heterocycles. The number of amides is 1. The molecule has 1 atom stereocenters. The van der Waals surface area contributed by atoms with E-state index in [2.05, 4.69) is 33.0 Å². The van der Waals surface area contributed by atoms with Gasteiger partial charge in [-0.2, -0.15) is 0 Å². The molecule has 1 radical (unpaired) electrons. The molecule has 5 heteroatoms. The van der Waals surface area contributed by atoms with Crippen LogP contribution in [0.5, 0.6) is 0 Å². The molecule has 0 fully saturated rings. The minimum atomic E-state index is -0.00511. The van der Waals surface area contributed by atoms with E-state index in [1.807, 2.05) is 26.0 Å². The van der Waals surface area contributed by atoms with Crippen molar-refractivity contribution in [3.05, 3.63) is 28.3 Å². The topological polar surface area (TPSA) is 29.1 Å². The Morgan fingerprint density at radius 1 is 1.08 bits per heavy atom. The molecule has 1 aromatic rings. The quantitative estimate of drug-likeness (QED) is 0.584. The molecule has 0 aliphatic heterocycles. The first kappa shape index (κ1) is 24.0. The smallest absolute Gasteiger partial charge is 0.282 e. The average molecular weight is 429 g/mol. The van der Waals surface area contributed by atoms with Gasteiger partial charge in [-0.15, -0.1) is 0 Å². The summed E-state index contributed by atoms with van der Waals surface area (Å²) in [6.07, 6.45) is 1.92. The van der Waals surface area contributed by atoms with Gasteiger partial charge < -0.3 is 9.80 Å². The van der Waals surface area contributed by atoms with Crippen LogP contribution < -0.4 is 5.32 Å². The van der Waals surface area contributed by atoms with Crippen LogP contribution in [0, 0.1) is 13.8 Å². The summed E-state index contributed by atoms with van der Waals surface area (Å²) in [5, 5.41) is 3.90. The number of carbonyl (C=O) groups is 1. The van der Waals surface area contributed by atoms with Gasteiger partial charge in [-0.1, -0.05) is 18.5 Å². The van der Waals surface area contributed by atoms with Crippen LogP contribution in [-0.2, 0) is 37.5 Å². The van der Waals surface area contributed by atoms with Crippen molar-refractivity contribution in [2.45, 2.75) is 60.4 Å². The number of nitrogens with one attached hydrogen (secondary N) is 1. The number of rotatable bonds is 8. The van der Waals surface area contributed by atoms with Gasteiger partial charge in [0, 0.05) is 49.8 Å². The van der Waals surface area contributed by atoms with Crippen molar-refractivity contribution in [3.8, 4) is 0 Å². The number of benzene rings is 1. The maximum atomic E-state index is 13.1. The van der Waals surface area contributed by atoms with Gasteiger partial charge >= 0.3 is 0 Å². The Morgan fingerprint density at radius 3 is 1.92 bits per heavy atom. The molecule has 0 aromatic heterocycles. The van der Waals surface area contributed by atoms with Crippen molar-refractivity contribution < 1.29 is 42.0 Å². The molecule has 1 unspecified atom stereocenters. The van der Waals surface area contributed by atoms with Gasteiger partial charge in [0.25, 0.3) is 5.91 Å². The van der Waals surface area contributed by atoms with Crippen LogP contribution in [0.2, 0.25) is 5.02 Å². The second-order valence-electron chi connectivity index (χ2n) is 6.38. The van der Waals surface area contributed by atoms with Crippen molar-refractivity contribution in [3.63, 3.8) is 0 Å². The van der Waals surface area contributed by atoms with Crippen LogP contribution in [0.15, 0.2) is 12.1 Å². The zero-order valence-corrected chi connectivity index (χ0v) is 19.7. The van der Waals surface area contributed by atoms with Gasteiger partial charge in [-0.25, -0.2) is 0 Å². The van der Waals surface area contributed by atoms with E-state index < -0.39 is 0 Å². The Balaban J connectivity index is 0.00000529. The molecule has 1 N–H and O–H groups in total. The first-order valence-electron chi connectivity index (χ1n) is 8.78. The van der Waals surface area contributed by atoms with E-state index in [0.717, 1.165) is 53.8 Å². The second-order valence-corrected chi connectivity index (χ2v) is 6.81. The molecule has 3 nitrogen and oxygen atoms in total. The van der Waals surface area contributed by atoms with Crippen LogP contribution in [0.4, 0.5) is 5.69 Å². The first-order valence-corrected chi connectivity index (χ1v) is 9.16. The van der Waals surface area contributed by atoms with Crippen molar-refractivity contribution in [1.29, 1.82) is 0 Å². The molecule has 0 aliphatic rings. The summed E-state index contributed by atoms with van der Waals surface area (Å²) in [6.45, 7) is 15.6. The monoisotopic (exact) mass is 428 g/mol. The van der Waals surface area contributed by atoms with Crippen LogP contribution in [0.3, 0.4) is 0 Å². The molecule has 1 aromatic carbocycles. The van der Waals surface area contributed by atoms with Crippen molar-refractivity contribution in [2.75, 3.05) is 25.0 Å². The number of carbonyl (C=O) groups excluding carboxylic acids is 1. The normalized spacial score (nSPS) is 12.5. The minimum absolute atomic E-state index is 0. The Morgan fingerprint density at radius 2 is 1.54 bits per heavy atom. The predicted molar refractivity (Wildman–Crippen MR) is 100 cm³/mol. The molecule has 0 aliphatic carbocycles. The number of hydrogen-bond acceptors (Lipinski definition) is 1. The maximum absolute atomic E-state index is 13.1. The maximum Gasteiger partial charge on any atom is 0.282 e. The number of hydrogen-bond donors (Lipinski definition) is 1. The van der Waals surface area contributed by atoms with Gasteiger partial charge in [-0.3, -0.25) is 4.79 Å². The summed E-state index contributed by atoms with van der Waals surface area (Å²) in [5.41, 5.74) is 2.93. The summed E-state index contributed by atoms with van der Waals surface area (Å²) >= 11 is 6.10. The third-order valence-electron chi connectivity index (χ3n) is 5.16. The van der Waals surface area contributed by atoms with Crippen LogP contribution in [-0.4, -0.2) is 36.1 Å².